The second-order valence-electron chi connectivity index (χ2n) is 5.06. The lowest BCUT2D eigenvalue weighted by Crippen LogP contribution is -2.38. The van der Waals surface area contributed by atoms with Crippen molar-refractivity contribution < 1.29 is 19.2 Å². The third-order valence-corrected chi connectivity index (χ3v) is 3.69. The van der Waals surface area contributed by atoms with Crippen molar-refractivity contribution in [3.05, 3.63) is 58.0 Å². The summed E-state index contributed by atoms with van der Waals surface area (Å²) < 4.78 is 11.0. The molecule has 3 rings (SSSR count). The van der Waals surface area contributed by atoms with Crippen molar-refractivity contribution >= 4 is 11.4 Å². The molecule has 0 saturated carbocycles. The highest BCUT2D eigenvalue weighted by Crippen LogP contribution is 2.33. The van der Waals surface area contributed by atoms with Crippen molar-refractivity contribution in [2.75, 3.05) is 24.6 Å². The average molecular weight is 304 g/mol. The topological polar surface area (TPSA) is 89.0 Å². The molecule has 1 fully saturated rings. The van der Waals surface area contributed by atoms with Crippen LogP contribution in [0.5, 0.6) is 0 Å². The highest BCUT2D eigenvalue weighted by Gasteiger charge is 2.28. The second kappa shape index (κ2) is 6.17. The molecule has 1 aromatic heterocycles. The van der Waals surface area contributed by atoms with Crippen molar-refractivity contribution in [3.63, 3.8) is 0 Å². The van der Waals surface area contributed by atoms with E-state index in [2.05, 4.69) is 0 Å². The minimum atomic E-state index is -0.409. The van der Waals surface area contributed by atoms with Crippen molar-refractivity contribution in [2.45, 2.75) is 12.7 Å². The van der Waals surface area contributed by atoms with Gasteiger partial charge in [-0.3, -0.25) is 10.1 Å². The summed E-state index contributed by atoms with van der Waals surface area (Å²) in [6, 6.07) is 8.26. The Kier molecular flexibility index (Phi) is 4.08. The number of nitro benzene ring substituents is 1. The van der Waals surface area contributed by atoms with E-state index in [9.17, 15) is 15.2 Å². The van der Waals surface area contributed by atoms with E-state index < -0.39 is 4.92 Å². The van der Waals surface area contributed by atoms with Crippen molar-refractivity contribution in [2.24, 2.45) is 0 Å². The monoisotopic (exact) mass is 304 g/mol. The first kappa shape index (κ1) is 14.6. The zero-order valence-electron chi connectivity index (χ0n) is 11.8. The van der Waals surface area contributed by atoms with E-state index in [0.29, 0.717) is 36.7 Å². The molecule has 1 unspecified atom stereocenters. The zero-order chi connectivity index (χ0) is 15.5. The normalized spacial score (nSPS) is 18.4. The molecule has 0 amide bonds. The van der Waals surface area contributed by atoms with Gasteiger partial charge in [0.25, 0.3) is 5.69 Å². The molecule has 0 spiro atoms. The minimum Gasteiger partial charge on any atom is -0.467 e. The van der Waals surface area contributed by atoms with E-state index in [1.807, 2.05) is 11.0 Å². The predicted octanol–water partition coefficient (Wildman–Crippen LogP) is 2.26. The maximum absolute atomic E-state index is 11.2. The smallest absolute Gasteiger partial charge is 0.292 e. The number of hydrogen-bond acceptors (Lipinski definition) is 6. The molecule has 0 aliphatic carbocycles. The largest absolute Gasteiger partial charge is 0.467 e. The van der Waals surface area contributed by atoms with Gasteiger partial charge in [-0.15, -0.1) is 0 Å². The molecule has 1 atom stereocenters. The van der Waals surface area contributed by atoms with E-state index in [4.69, 9.17) is 9.15 Å². The standard InChI is InChI=1S/C15H16N2O5/c18-10-11-3-4-12(17(19)20)13(8-11)16-5-7-22-15(9-16)14-2-1-6-21-14/h1-4,6,8,15,18H,5,7,9-10H2. The maximum Gasteiger partial charge on any atom is 0.292 e. The van der Waals surface area contributed by atoms with Gasteiger partial charge in [-0.2, -0.15) is 0 Å². The molecule has 116 valence electrons. The molecule has 0 bridgehead atoms. The second-order valence-corrected chi connectivity index (χ2v) is 5.06. The van der Waals surface area contributed by atoms with Gasteiger partial charge in [0, 0.05) is 12.6 Å². The number of hydrogen-bond donors (Lipinski definition) is 1. The molecule has 7 nitrogen and oxygen atoms in total. The Morgan fingerprint density at radius 3 is 2.95 bits per heavy atom. The first-order valence-electron chi connectivity index (χ1n) is 6.97. The highest BCUT2D eigenvalue weighted by molar-refractivity contribution is 5.64. The fourth-order valence-electron chi connectivity index (χ4n) is 2.59. The Morgan fingerprint density at radius 1 is 1.41 bits per heavy atom. The summed E-state index contributed by atoms with van der Waals surface area (Å²) in [7, 11) is 0. The third-order valence-electron chi connectivity index (χ3n) is 3.69. The van der Waals surface area contributed by atoms with Crippen molar-refractivity contribution in [3.8, 4) is 0 Å². The quantitative estimate of drug-likeness (QED) is 0.688. The number of aliphatic hydroxyl groups excluding tert-OH is 1. The Morgan fingerprint density at radius 2 is 2.27 bits per heavy atom. The minimum absolute atomic E-state index is 0.0253. The molecule has 1 saturated heterocycles. The zero-order valence-corrected chi connectivity index (χ0v) is 11.8. The van der Waals surface area contributed by atoms with Crippen LogP contribution in [-0.2, 0) is 11.3 Å². The van der Waals surface area contributed by atoms with Gasteiger partial charge in [0.15, 0.2) is 0 Å². The van der Waals surface area contributed by atoms with Crippen LogP contribution in [0.15, 0.2) is 41.0 Å². The number of nitro groups is 1. The molecule has 1 N–H and O–H groups in total. The lowest BCUT2D eigenvalue weighted by Gasteiger charge is -2.33. The Hall–Kier alpha value is -2.38. The molecule has 2 heterocycles. The molecule has 1 aromatic carbocycles. The molecule has 22 heavy (non-hydrogen) atoms. The van der Waals surface area contributed by atoms with Crippen LogP contribution in [-0.4, -0.2) is 29.7 Å². The Labute approximate surface area is 126 Å². The van der Waals surface area contributed by atoms with Gasteiger partial charge in [0.05, 0.1) is 30.9 Å². The van der Waals surface area contributed by atoms with Crippen molar-refractivity contribution in [1.82, 2.24) is 0 Å². The average Bonchev–Trinajstić information content (AvgIpc) is 3.09. The summed E-state index contributed by atoms with van der Waals surface area (Å²) >= 11 is 0. The molecule has 1 aliphatic rings. The van der Waals surface area contributed by atoms with E-state index in [-0.39, 0.29) is 18.4 Å². The fraction of sp³-hybridized carbons (Fsp3) is 0.333. The molecule has 7 heteroatoms. The highest BCUT2D eigenvalue weighted by atomic mass is 16.6. The fourth-order valence-corrected chi connectivity index (χ4v) is 2.59. The molecular weight excluding hydrogens is 288 g/mol. The van der Waals surface area contributed by atoms with Gasteiger partial charge in [0.1, 0.15) is 17.6 Å². The van der Waals surface area contributed by atoms with Gasteiger partial charge in [-0.25, -0.2) is 0 Å². The SMILES string of the molecule is O=[N+]([O-])c1ccc(CO)cc1N1CCOC(c2ccco2)C1. The van der Waals surface area contributed by atoms with Crippen LogP contribution in [0, 0.1) is 10.1 Å². The first-order chi connectivity index (χ1) is 10.7. The van der Waals surface area contributed by atoms with E-state index in [0.717, 1.165) is 0 Å². The van der Waals surface area contributed by atoms with E-state index >= 15 is 0 Å². The summed E-state index contributed by atoms with van der Waals surface area (Å²) in [5.41, 5.74) is 1.16. The Bertz CT molecular complexity index is 656. The molecule has 2 aromatic rings. The van der Waals surface area contributed by atoms with Gasteiger partial charge in [-0.1, -0.05) is 0 Å². The number of nitrogens with zero attached hydrogens (tertiary/aromatic N) is 2. The summed E-state index contributed by atoms with van der Waals surface area (Å²) in [5.74, 6) is 0.700. The summed E-state index contributed by atoms with van der Waals surface area (Å²) in [4.78, 5) is 12.7. The van der Waals surface area contributed by atoms with E-state index in [1.165, 1.54) is 6.07 Å². The van der Waals surface area contributed by atoms with Crippen LogP contribution in [0.1, 0.15) is 17.4 Å². The summed E-state index contributed by atoms with van der Waals surface area (Å²) in [6.45, 7) is 1.30. The van der Waals surface area contributed by atoms with Crippen LogP contribution >= 0.6 is 0 Å². The number of rotatable bonds is 4. The Balaban J connectivity index is 1.90. The maximum atomic E-state index is 11.2. The number of benzene rings is 1. The summed E-state index contributed by atoms with van der Waals surface area (Å²) in [6.07, 6.45) is 1.31. The molecule has 1 aliphatic heterocycles. The lowest BCUT2D eigenvalue weighted by molar-refractivity contribution is -0.384. The number of ether oxygens (including phenoxy) is 1. The van der Waals surface area contributed by atoms with E-state index in [1.54, 1.807) is 24.5 Å². The number of anilines is 1. The van der Waals surface area contributed by atoms with Gasteiger partial charge in [0.2, 0.25) is 0 Å². The van der Waals surface area contributed by atoms with Crippen LogP contribution in [0.25, 0.3) is 0 Å². The van der Waals surface area contributed by atoms with Crippen molar-refractivity contribution in [1.29, 1.82) is 0 Å². The van der Waals surface area contributed by atoms with Gasteiger partial charge in [-0.05, 0) is 29.8 Å². The predicted molar refractivity (Wildman–Crippen MR) is 78.6 cm³/mol. The van der Waals surface area contributed by atoms with Crippen LogP contribution < -0.4 is 4.90 Å². The number of aliphatic hydroxyl groups is 1. The number of morpholine rings is 1. The van der Waals surface area contributed by atoms with Crippen LogP contribution in [0.2, 0.25) is 0 Å². The van der Waals surface area contributed by atoms with Gasteiger partial charge < -0.3 is 19.2 Å². The first-order valence-corrected chi connectivity index (χ1v) is 6.97. The van der Waals surface area contributed by atoms with Crippen LogP contribution in [0.3, 0.4) is 0 Å². The third kappa shape index (κ3) is 2.81. The summed E-state index contributed by atoms with van der Waals surface area (Å²) in [5, 5.41) is 20.5. The van der Waals surface area contributed by atoms with Gasteiger partial charge >= 0.3 is 0 Å². The lowest BCUT2D eigenvalue weighted by atomic mass is 10.1. The molecular formula is C15H16N2O5. The molecule has 0 radical (unpaired) electrons. The van der Waals surface area contributed by atoms with Crippen LogP contribution in [0.4, 0.5) is 11.4 Å². The number of furan rings is 1.